The second-order valence-electron chi connectivity index (χ2n) is 7.82. The zero-order valence-electron chi connectivity index (χ0n) is 17.7. The van der Waals surface area contributed by atoms with Crippen molar-refractivity contribution in [1.29, 1.82) is 0 Å². The predicted molar refractivity (Wildman–Crippen MR) is 111 cm³/mol. The predicted octanol–water partition coefficient (Wildman–Crippen LogP) is 1.49. The highest BCUT2D eigenvalue weighted by Crippen LogP contribution is 2.39. The lowest BCUT2D eigenvalue weighted by Crippen LogP contribution is -2.45. The van der Waals surface area contributed by atoms with E-state index < -0.39 is 6.10 Å². The maximum atomic E-state index is 12.5. The maximum absolute atomic E-state index is 12.5. The Morgan fingerprint density at radius 3 is 2.55 bits per heavy atom. The average Bonchev–Trinajstić information content (AvgIpc) is 2.89. The van der Waals surface area contributed by atoms with Gasteiger partial charge in [-0.3, -0.25) is 9.59 Å². The zero-order chi connectivity index (χ0) is 21.3. The van der Waals surface area contributed by atoms with Gasteiger partial charge in [0.2, 0.25) is 11.8 Å². The van der Waals surface area contributed by atoms with E-state index in [1.165, 1.54) is 6.92 Å². The van der Waals surface area contributed by atoms with Crippen molar-refractivity contribution >= 4 is 11.8 Å². The van der Waals surface area contributed by atoms with E-state index in [9.17, 15) is 14.7 Å². The molecule has 29 heavy (non-hydrogen) atoms. The molecule has 0 aromatic heterocycles. The summed E-state index contributed by atoms with van der Waals surface area (Å²) in [5.74, 6) is -0.221. The van der Waals surface area contributed by atoms with Crippen LogP contribution < -0.4 is 5.32 Å². The second-order valence-corrected chi connectivity index (χ2v) is 7.82. The maximum Gasteiger partial charge on any atom is 0.248 e. The number of hydrogen-bond donors (Lipinski definition) is 2. The number of carbonyl (C=O) groups excluding carboxylic acids is 2. The van der Waals surface area contributed by atoms with Gasteiger partial charge in [0, 0.05) is 33.0 Å². The number of carbonyl (C=O) groups is 2. The van der Waals surface area contributed by atoms with Gasteiger partial charge in [0.25, 0.3) is 0 Å². The quantitative estimate of drug-likeness (QED) is 0.479. The number of rotatable bonds is 9. The molecule has 7 nitrogen and oxygen atoms in total. The Labute approximate surface area is 173 Å². The largest absolute Gasteiger partial charge is 0.391 e. The van der Waals surface area contributed by atoms with Crippen LogP contribution in [0.15, 0.2) is 30.3 Å². The van der Waals surface area contributed by atoms with E-state index in [1.54, 1.807) is 19.1 Å². The molecule has 0 heterocycles. The van der Waals surface area contributed by atoms with Gasteiger partial charge in [-0.15, -0.1) is 0 Å². The Bertz CT molecular complexity index is 654. The van der Waals surface area contributed by atoms with Crippen molar-refractivity contribution in [3.8, 4) is 0 Å². The minimum absolute atomic E-state index is 0.0290. The number of methoxy groups -OCH3 is 1. The summed E-state index contributed by atoms with van der Waals surface area (Å²) in [6.45, 7) is 2.80. The molecule has 0 saturated heterocycles. The summed E-state index contributed by atoms with van der Waals surface area (Å²) in [5.41, 5.74) is 0.889. The van der Waals surface area contributed by atoms with Crippen LogP contribution in [0.1, 0.15) is 38.2 Å². The first kappa shape index (κ1) is 23.3. The van der Waals surface area contributed by atoms with Crippen LogP contribution in [0.25, 0.3) is 0 Å². The van der Waals surface area contributed by atoms with Crippen LogP contribution >= 0.6 is 0 Å². The molecule has 1 aliphatic rings. The smallest absolute Gasteiger partial charge is 0.248 e. The summed E-state index contributed by atoms with van der Waals surface area (Å²) in [6.07, 6.45) is 2.09. The lowest BCUT2D eigenvalue weighted by atomic mass is 9.74. The number of aliphatic hydroxyl groups excluding tert-OH is 1. The first-order chi connectivity index (χ1) is 13.9. The van der Waals surface area contributed by atoms with Crippen LogP contribution in [0.5, 0.6) is 0 Å². The van der Waals surface area contributed by atoms with Gasteiger partial charge < -0.3 is 24.8 Å². The van der Waals surface area contributed by atoms with E-state index >= 15 is 0 Å². The number of nitrogens with one attached hydrogen (secondary N) is 1. The number of likely N-dealkylation sites (N-methyl/N-ethyl adjacent to an activating group) is 1. The summed E-state index contributed by atoms with van der Waals surface area (Å²) in [5, 5.41) is 13.8. The SMILES string of the molecule is COCCOCC(=O)N(C)[C@@H]1CC[C@@](CNC(C)=O)(c2ccccc2)CC[C@H]1O. The molecule has 1 aromatic rings. The van der Waals surface area contributed by atoms with Crippen molar-refractivity contribution in [3.63, 3.8) is 0 Å². The highest BCUT2D eigenvalue weighted by Gasteiger charge is 2.39. The minimum Gasteiger partial charge on any atom is -0.391 e. The first-order valence-electron chi connectivity index (χ1n) is 10.2. The van der Waals surface area contributed by atoms with E-state index in [1.807, 2.05) is 18.2 Å². The van der Waals surface area contributed by atoms with E-state index in [0.717, 1.165) is 18.4 Å². The Balaban J connectivity index is 2.11. The van der Waals surface area contributed by atoms with Crippen molar-refractivity contribution in [2.45, 2.75) is 50.2 Å². The van der Waals surface area contributed by atoms with Gasteiger partial charge in [0.1, 0.15) is 6.61 Å². The molecular weight excluding hydrogens is 372 g/mol. The lowest BCUT2D eigenvalue weighted by Gasteiger charge is -2.34. The van der Waals surface area contributed by atoms with Gasteiger partial charge in [0.15, 0.2) is 0 Å². The van der Waals surface area contributed by atoms with Gasteiger partial charge in [-0.1, -0.05) is 30.3 Å². The number of hydrogen-bond acceptors (Lipinski definition) is 5. The number of ether oxygens (including phenoxy) is 2. The van der Waals surface area contributed by atoms with Crippen LogP contribution in [-0.4, -0.2) is 74.5 Å². The molecule has 1 aliphatic carbocycles. The normalized spacial score (nSPS) is 24.6. The van der Waals surface area contributed by atoms with E-state index in [-0.39, 0.29) is 29.9 Å². The topological polar surface area (TPSA) is 88.1 Å². The Hall–Kier alpha value is -1.96. The average molecular weight is 407 g/mol. The molecular formula is C22H34N2O5. The van der Waals surface area contributed by atoms with Crippen LogP contribution in [0.4, 0.5) is 0 Å². The number of amides is 2. The van der Waals surface area contributed by atoms with E-state index in [2.05, 4.69) is 17.4 Å². The molecule has 162 valence electrons. The fraction of sp³-hybridized carbons (Fsp3) is 0.636. The number of benzene rings is 1. The fourth-order valence-corrected chi connectivity index (χ4v) is 4.05. The van der Waals surface area contributed by atoms with Gasteiger partial charge >= 0.3 is 0 Å². The number of nitrogens with zero attached hydrogens (tertiary/aromatic N) is 1. The minimum atomic E-state index is -0.620. The molecule has 0 radical (unpaired) electrons. The monoisotopic (exact) mass is 406 g/mol. The first-order valence-corrected chi connectivity index (χ1v) is 10.2. The van der Waals surface area contributed by atoms with Crippen LogP contribution in [0.2, 0.25) is 0 Å². The fourth-order valence-electron chi connectivity index (χ4n) is 4.05. The zero-order valence-corrected chi connectivity index (χ0v) is 17.7. The molecule has 1 fully saturated rings. The highest BCUT2D eigenvalue weighted by molar-refractivity contribution is 5.77. The van der Waals surface area contributed by atoms with Gasteiger partial charge in [-0.25, -0.2) is 0 Å². The van der Waals surface area contributed by atoms with Gasteiger partial charge in [-0.05, 0) is 31.2 Å². The van der Waals surface area contributed by atoms with Crippen molar-refractivity contribution in [3.05, 3.63) is 35.9 Å². The third kappa shape index (κ3) is 6.52. The Morgan fingerprint density at radius 2 is 1.90 bits per heavy atom. The van der Waals surface area contributed by atoms with Crippen molar-refractivity contribution < 1.29 is 24.2 Å². The van der Waals surface area contributed by atoms with Crippen molar-refractivity contribution in [2.75, 3.05) is 40.5 Å². The van der Waals surface area contributed by atoms with Gasteiger partial charge in [0.05, 0.1) is 25.4 Å². The van der Waals surface area contributed by atoms with Crippen LogP contribution in [0, 0.1) is 0 Å². The standard InChI is InChI=1S/C22H34N2O5/c1-17(25)23-16-22(18-7-5-4-6-8-18)11-9-19(20(26)10-12-22)24(2)21(27)15-29-14-13-28-3/h4-8,19-20,26H,9-16H2,1-3H3,(H,23,25)/t19-,20-,22-/m1/s1. The molecule has 2 amide bonds. The van der Waals surface area contributed by atoms with Gasteiger partial charge in [-0.2, -0.15) is 0 Å². The summed E-state index contributed by atoms with van der Waals surface area (Å²) in [6, 6.07) is 9.84. The number of aliphatic hydroxyl groups is 1. The molecule has 7 heteroatoms. The lowest BCUT2D eigenvalue weighted by molar-refractivity contribution is -0.139. The highest BCUT2D eigenvalue weighted by atomic mass is 16.5. The molecule has 3 atom stereocenters. The molecule has 1 saturated carbocycles. The Morgan fingerprint density at radius 1 is 1.21 bits per heavy atom. The Kier molecular flexibility index (Phi) is 9.07. The molecule has 0 aliphatic heterocycles. The van der Waals surface area contributed by atoms with E-state index in [4.69, 9.17) is 9.47 Å². The summed E-state index contributed by atoms with van der Waals surface area (Å²) >= 11 is 0. The summed E-state index contributed by atoms with van der Waals surface area (Å²) < 4.78 is 10.3. The van der Waals surface area contributed by atoms with Crippen LogP contribution in [-0.2, 0) is 24.5 Å². The third-order valence-corrected chi connectivity index (χ3v) is 5.89. The van der Waals surface area contributed by atoms with E-state index in [0.29, 0.717) is 32.6 Å². The summed E-state index contributed by atoms with van der Waals surface area (Å²) in [7, 11) is 3.30. The van der Waals surface area contributed by atoms with Crippen LogP contribution in [0.3, 0.4) is 0 Å². The third-order valence-electron chi connectivity index (χ3n) is 5.89. The molecule has 0 spiro atoms. The molecule has 2 N–H and O–H groups in total. The molecule has 0 unspecified atom stereocenters. The van der Waals surface area contributed by atoms with Crippen molar-refractivity contribution in [1.82, 2.24) is 10.2 Å². The van der Waals surface area contributed by atoms with Crippen molar-refractivity contribution in [2.24, 2.45) is 0 Å². The summed E-state index contributed by atoms with van der Waals surface area (Å²) in [4.78, 5) is 25.7. The molecule has 1 aromatic carbocycles. The second kappa shape index (κ2) is 11.3. The molecule has 2 rings (SSSR count). The molecule has 0 bridgehead atoms.